The van der Waals surface area contributed by atoms with E-state index >= 15 is 0 Å². The molecule has 0 fully saturated rings. The normalized spacial score (nSPS) is 10.5. The van der Waals surface area contributed by atoms with Gasteiger partial charge in [0.15, 0.2) is 5.82 Å². The van der Waals surface area contributed by atoms with Gasteiger partial charge in [-0.2, -0.15) is 4.98 Å². The van der Waals surface area contributed by atoms with Crippen molar-refractivity contribution in [1.82, 2.24) is 9.97 Å². The zero-order chi connectivity index (χ0) is 14.3. The molecule has 0 aliphatic carbocycles. The molecule has 1 heterocycles. The van der Waals surface area contributed by atoms with Gasteiger partial charge in [-0.25, -0.2) is 0 Å². The summed E-state index contributed by atoms with van der Waals surface area (Å²) in [4.78, 5) is 20.7. The van der Waals surface area contributed by atoms with Gasteiger partial charge in [-0.15, -0.1) is 0 Å². The Bertz CT molecular complexity index is 412. The Balaban J connectivity index is 2.84. The molecule has 7 heteroatoms. The molecule has 1 aromatic rings. The van der Waals surface area contributed by atoms with Gasteiger partial charge < -0.3 is 19.5 Å². The second-order valence-electron chi connectivity index (χ2n) is 4.19. The summed E-state index contributed by atoms with van der Waals surface area (Å²) in [5, 5.41) is 8.90. The Hall–Kier alpha value is -1.89. The summed E-state index contributed by atoms with van der Waals surface area (Å²) in [6.07, 6.45) is 2.99. The number of rotatable bonds is 8. The number of carbonyl (C=O) groups is 1. The molecule has 0 spiro atoms. The maximum absolute atomic E-state index is 10.8. The van der Waals surface area contributed by atoms with Crippen LogP contribution in [0.2, 0.25) is 0 Å². The quantitative estimate of drug-likeness (QED) is 0.747. The van der Waals surface area contributed by atoms with E-state index in [-0.39, 0.29) is 12.6 Å². The molecule has 1 aromatic heterocycles. The predicted molar refractivity (Wildman–Crippen MR) is 69.5 cm³/mol. The molecule has 0 aromatic carbocycles. The average Bonchev–Trinajstić information content (AvgIpc) is 2.33. The van der Waals surface area contributed by atoms with Crippen LogP contribution in [-0.2, 0) is 9.53 Å². The molecule has 1 rings (SSSR count). The van der Waals surface area contributed by atoms with E-state index < -0.39 is 5.97 Å². The van der Waals surface area contributed by atoms with E-state index in [4.69, 9.17) is 14.6 Å². The number of ether oxygens (including phenoxy) is 2. The summed E-state index contributed by atoms with van der Waals surface area (Å²) in [6, 6.07) is 0. The third-order valence-corrected chi connectivity index (χ3v) is 2.17. The first kappa shape index (κ1) is 15.2. The standard InChI is InChI=1S/C12H19N3O4/c1-9(2)19-11-7-13-6-10(14-11)15(4-5-18-3)8-12(16)17/h6-7,9H,4-5,8H2,1-3H3,(H,16,17). The molecular formula is C12H19N3O4. The van der Waals surface area contributed by atoms with Gasteiger partial charge in [0.25, 0.3) is 0 Å². The van der Waals surface area contributed by atoms with E-state index in [9.17, 15) is 4.79 Å². The van der Waals surface area contributed by atoms with Gasteiger partial charge >= 0.3 is 5.97 Å². The average molecular weight is 269 g/mol. The van der Waals surface area contributed by atoms with Crippen molar-refractivity contribution < 1.29 is 19.4 Å². The smallest absolute Gasteiger partial charge is 0.323 e. The Morgan fingerprint density at radius 1 is 1.47 bits per heavy atom. The fraction of sp³-hybridized carbons (Fsp3) is 0.583. The third kappa shape index (κ3) is 5.52. The first-order valence-electron chi connectivity index (χ1n) is 5.97. The molecule has 7 nitrogen and oxygen atoms in total. The van der Waals surface area contributed by atoms with Crippen LogP contribution in [-0.4, -0.2) is 54.0 Å². The van der Waals surface area contributed by atoms with Crippen LogP contribution in [0, 0.1) is 0 Å². The lowest BCUT2D eigenvalue weighted by Gasteiger charge is -2.21. The van der Waals surface area contributed by atoms with Gasteiger partial charge in [0.05, 0.1) is 25.1 Å². The van der Waals surface area contributed by atoms with Gasteiger partial charge in [-0.05, 0) is 13.8 Å². The Labute approximate surface area is 112 Å². The monoisotopic (exact) mass is 269 g/mol. The van der Waals surface area contributed by atoms with Crippen molar-refractivity contribution in [2.75, 3.05) is 31.7 Å². The van der Waals surface area contributed by atoms with E-state index in [2.05, 4.69) is 9.97 Å². The lowest BCUT2D eigenvalue weighted by atomic mass is 10.4. The highest BCUT2D eigenvalue weighted by molar-refractivity contribution is 5.73. The van der Waals surface area contributed by atoms with Crippen LogP contribution >= 0.6 is 0 Å². The van der Waals surface area contributed by atoms with Gasteiger partial charge in [-0.1, -0.05) is 0 Å². The molecule has 106 valence electrons. The van der Waals surface area contributed by atoms with E-state index in [1.165, 1.54) is 12.4 Å². The number of aromatic nitrogens is 2. The number of carboxylic acids is 1. The van der Waals surface area contributed by atoms with Crippen molar-refractivity contribution in [2.45, 2.75) is 20.0 Å². The summed E-state index contributed by atoms with van der Waals surface area (Å²) in [5.74, 6) is -0.106. The molecule has 0 atom stereocenters. The van der Waals surface area contributed by atoms with Crippen LogP contribution in [0.5, 0.6) is 5.88 Å². The van der Waals surface area contributed by atoms with Gasteiger partial charge in [0, 0.05) is 13.7 Å². The number of nitrogens with zero attached hydrogens (tertiary/aromatic N) is 3. The summed E-state index contributed by atoms with van der Waals surface area (Å²) in [5.41, 5.74) is 0. The molecule has 0 saturated heterocycles. The molecular weight excluding hydrogens is 250 g/mol. The van der Waals surface area contributed by atoms with Crippen LogP contribution in [0.4, 0.5) is 5.82 Å². The molecule has 0 aliphatic heterocycles. The summed E-state index contributed by atoms with van der Waals surface area (Å²) < 4.78 is 10.4. The van der Waals surface area contributed by atoms with E-state index in [0.717, 1.165) is 0 Å². The fourth-order valence-electron chi connectivity index (χ4n) is 1.43. The maximum Gasteiger partial charge on any atom is 0.323 e. The molecule has 19 heavy (non-hydrogen) atoms. The number of hydrogen-bond acceptors (Lipinski definition) is 6. The SMILES string of the molecule is COCCN(CC(=O)O)c1cncc(OC(C)C)n1. The van der Waals surface area contributed by atoms with Crippen LogP contribution in [0.3, 0.4) is 0 Å². The largest absolute Gasteiger partial charge is 0.480 e. The first-order valence-corrected chi connectivity index (χ1v) is 5.97. The zero-order valence-electron chi connectivity index (χ0n) is 11.4. The van der Waals surface area contributed by atoms with Crippen molar-refractivity contribution in [1.29, 1.82) is 0 Å². The minimum Gasteiger partial charge on any atom is -0.480 e. The number of aliphatic carboxylic acids is 1. The maximum atomic E-state index is 10.8. The molecule has 0 amide bonds. The summed E-state index contributed by atoms with van der Waals surface area (Å²) in [7, 11) is 1.56. The van der Waals surface area contributed by atoms with Gasteiger partial charge in [0.1, 0.15) is 6.54 Å². The topological polar surface area (TPSA) is 84.8 Å². The second kappa shape index (κ2) is 7.52. The minimum atomic E-state index is -0.937. The number of hydrogen-bond donors (Lipinski definition) is 1. The van der Waals surface area contributed by atoms with Crippen molar-refractivity contribution >= 4 is 11.8 Å². The van der Waals surface area contributed by atoms with E-state index in [1.807, 2.05) is 13.8 Å². The van der Waals surface area contributed by atoms with Crippen molar-refractivity contribution in [2.24, 2.45) is 0 Å². The summed E-state index contributed by atoms with van der Waals surface area (Å²) >= 11 is 0. The number of methoxy groups -OCH3 is 1. The van der Waals surface area contributed by atoms with Crippen LogP contribution in [0.1, 0.15) is 13.8 Å². The molecule has 0 unspecified atom stereocenters. The van der Waals surface area contributed by atoms with Crippen molar-refractivity contribution in [3.63, 3.8) is 0 Å². The predicted octanol–water partition coefficient (Wildman–Crippen LogP) is 0.801. The van der Waals surface area contributed by atoms with Crippen LogP contribution in [0.15, 0.2) is 12.4 Å². The van der Waals surface area contributed by atoms with Gasteiger partial charge in [0.2, 0.25) is 5.88 Å². The third-order valence-electron chi connectivity index (χ3n) is 2.17. The van der Waals surface area contributed by atoms with Crippen molar-refractivity contribution in [3.05, 3.63) is 12.4 Å². The van der Waals surface area contributed by atoms with Crippen LogP contribution in [0.25, 0.3) is 0 Å². The molecule has 0 radical (unpaired) electrons. The number of carboxylic acid groups (broad SMARTS) is 1. The van der Waals surface area contributed by atoms with Crippen molar-refractivity contribution in [3.8, 4) is 5.88 Å². The Morgan fingerprint density at radius 3 is 2.79 bits per heavy atom. The van der Waals surface area contributed by atoms with Crippen LogP contribution < -0.4 is 9.64 Å². The molecule has 0 saturated carbocycles. The molecule has 0 aliphatic rings. The molecule has 1 N–H and O–H groups in total. The number of anilines is 1. The Kier molecular flexibility index (Phi) is 6.01. The van der Waals surface area contributed by atoms with E-state index in [0.29, 0.717) is 24.8 Å². The molecule has 0 bridgehead atoms. The lowest BCUT2D eigenvalue weighted by molar-refractivity contribution is -0.135. The highest BCUT2D eigenvalue weighted by Crippen LogP contribution is 2.14. The lowest BCUT2D eigenvalue weighted by Crippen LogP contribution is -2.33. The van der Waals surface area contributed by atoms with E-state index in [1.54, 1.807) is 12.0 Å². The zero-order valence-corrected chi connectivity index (χ0v) is 11.4. The van der Waals surface area contributed by atoms with Gasteiger partial charge in [-0.3, -0.25) is 9.78 Å². The Morgan fingerprint density at radius 2 is 2.21 bits per heavy atom. The highest BCUT2D eigenvalue weighted by atomic mass is 16.5. The summed E-state index contributed by atoms with van der Waals surface area (Å²) in [6.45, 7) is 4.43. The second-order valence-corrected chi connectivity index (χ2v) is 4.19. The fourth-order valence-corrected chi connectivity index (χ4v) is 1.43. The first-order chi connectivity index (χ1) is 9.02. The minimum absolute atomic E-state index is 0.0172. The highest BCUT2D eigenvalue weighted by Gasteiger charge is 2.13.